The zero-order valence-electron chi connectivity index (χ0n) is 12.1. The standard InChI is InChI=1S/C18H26O/c1-2-16-11-13-17(14-12-16)8-6-7-15-19-18-9-4-3-5-10-18/h3-5,9-10,13,16H,2,6-8,11-12,14-15H2,1H3. The highest BCUT2D eigenvalue weighted by atomic mass is 16.5. The maximum absolute atomic E-state index is 5.71. The molecule has 1 nitrogen and oxygen atoms in total. The Morgan fingerprint density at radius 1 is 1.16 bits per heavy atom. The van der Waals surface area contributed by atoms with Crippen LogP contribution in [0.1, 0.15) is 51.9 Å². The first kappa shape index (κ1) is 14.2. The third-order valence-corrected chi connectivity index (χ3v) is 4.10. The molecule has 1 aliphatic carbocycles. The zero-order valence-corrected chi connectivity index (χ0v) is 12.1. The number of hydrogen-bond acceptors (Lipinski definition) is 1. The second kappa shape index (κ2) is 8.04. The minimum Gasteiger partial charge on any atom is -0.494 e. The van der Waals surface area contributed by atoms with Gasteiger partial charge in [-0.2, -0.15) is 0 Å². The van der Waals surface area contributed by atoms with Gasteiger partial charge >= 0.3 is 0 Å². The van der Waals surface area contributed by atoms with Crippen molar-refractivity contribution < 1.29 is 4.74 Å². The van der Waals surface area contributed by atoms with E-state index in [1.54, 1.807) is 5.57 Å². The number of rotatable bonds is 7. The predicted molar refractivity (Wildman–Crippen MR) is 81.5 cm³/mol. The van der Waals surface area contributed by atoms with Gasteiger partial charge in [-0.05, 0) is 56.6 Å². The molecule has 0 aromatic heterocycles. The molecule has 0 spiro atoms. The predicted octanol–water partition coefficient (Wildman–Crippen LogP) is 5.37. The number of hydrogen-bond donors (Lipinski definition) is 0. The van der Waals surface area contributed by atoms with Gasteiger partial charge < -0.3 is 4.74 Å². The lowest BCUT2D eigenvalue weighted by Crippen LogP contribution is -2.05. The highest BCUT2D eigenvalue weighted by Gasteiger charge is 2.11. The fourth-order valence-corrected chi connectivity index (χ4v) is 2.70. The molecule has 104 valence electrons. The van der Waals surface area contributed by atoms with Crippen LogP contribution in [0.4, 0.5) is 0 Å². The Bertz CT molecular complexity index is 380. The van der Waals surface area contributed by atoms with Gasteiger partial charge in [0.05, 0.1) is 6.61 Å². The van der Waals surface area contributed by atoms with Gasteiger partial charge in [0, 0.05) is 0 Å². The molecule has 1 aliphatic rings. The Morgan fingerprint density at radius 2 is 2.00 bits per heavy atom. The highest BCUT2D eigenvalue weighted by Crippen LogP contribution is 2.28. The Labute approximate surface area is 117 Å². The second-order valence-electron chi connectivity index (χ2n) is 5.53. The first-order valence-electron chi connectivity index (χ1n) is 7.74. The Kier molecular flexibility index (Phi) is 6.00. The quantitative estimate of drug-likeness (QED) is 0.472. The van der Waals surface area contributed by atoms with Gasteiger partial charge in [0.15, 0.2) is 0 Å². The van der Waals surface area contributed by atoms with E-state index in [0.717, 1.165) is 24.7 Å². The molecule has 1 unspecified atom stereocenters. The number of ether oxygens (including phenoxy) is 1. The molecule has 0 radical (unpaired) electrons. The summed E-state index contributed by atoms with van der Waals surface area (Å²) >= 11 is 0. The average molecular weight is 258 g/mol. The average Bonchev–Trinajstić information content (AvgIpc) is 2.49. The van der Waals surface area contributed by atoms with Gasteiger partial charge in [-0.25, -0.2) is 0 Å². The molecular weight excluding hydrogens is 232 g/mol. The van der Waals surface area contributed by atoms with Crippen LogP contribution in [0.3, 0.4) is 0 Å². The maximum atomic E-state index is 5.71. The van der Waals surface area contributed by atoms with E-state index >= 15 is 0 Å². The van der Waals surface area contributed by atoms with E-state index in [2.05, 4.69) is 13.0 Å². The largest absolute Gasteiger partial charge is 0.494 e. The van der Waals surface area contributed by atoms with Gasteiger partial charge in [-0.3, -0.25) is 0 Å². The van der Waals surface area contributed by atoms with E-state index in [-0.39, 0.29) is 0 Å². The lowest BCUT2D eigenvalue weighted by molar-refractivity contribution is 0.306. The lowest BCUT2D eigenvalue weighted by atomic mass is 9.86. The van der Waals surface area contributed by atoms with Crippen LogP contribution in [0.2, 0.25) is 0 Å². The Morgan fingerprint density at radius 3 is 2.68 bits per heavy atom. The number of para-hydroxylation sites is 1. The third-order valence-electron chi connectivity index (χ3n) is 4.10. The molecule has 1 heteroatoms. The van der Waals surface area contributed by atoms with Gasteiger partial charge in [0.2, 0.25) is 0 Å². The zero-order chi connectivity index (χ0) is 13.3. The van der Waals surface area contributed by atoms with Crippen LogP contribution in [0.15, 0.2) is 42.0 Å². The molecule has 1 atom stereocenters. The smallest absolute Gasteiger partial charge is 0.119 e. The topological polar surface area (TPSA) is 9.23 Å². The van der Waals surface area contributed by atoms with E-state index in [1.165, 1.54) is 38.5 Å². The summed E-state index contributed by atoms with van der Waals surface area (Å²) in [6.45, 7) is 3.15. The number of allylic oxidation sites excluding steroid dienone is 2. The van der Waals surface area contributed by atoms with Crippen molar-refractivity contribution in [1.82, 2.24) is 0 Å². The third kappa shape index (κ3) is 5.10. The molecule has 2 rings (SSSR count). The summed E-state index contributed by atoms with van der Waals surface area (Å²) < 4.78 is 5.71. The molecular formula is C18H26O. The summed E-state index contributed by atoms with van der Waals surface area (Å²) in [7, 11) is 0. The van der Waals surface area contributed by atoms with Crippen molar-refractivity contribution in [2.24, 2.45) is 5.92 Å². The lowest BCUT2D eigenvalue weighted by Gasteiger charge is -2.20. The van der Waals surface area contributed by atoms with Crippen molar-refractivity contribution in [3.05, 3.63) is 42.0 Å². The van der Waals surface area contributed by atoms with E-state index in [0.29, 0.717) is 0 Å². The second-order valence-corrected chi connectivity index (χ2v) is 5.53. The van der Waals surface area contributed by atoms with Crippen LogP contribution in [0.5, 0.6) is 5.75 Å². The number of unbranched alkanes of at least 4 members (excludes halogenated alkanes) is 1. The van der Waals surface area contributed by atoms with Crippen molar-refractivity contribution in [3.8, 4) is 5.75 Å². The van der Waals surface area contributed by atoms with Crippen molar-refractivity contribution in [2.75, 3.05) is 6.61 Å². The van der Waals surface area contributed by atoms with E-state index < -0.39 is 0 Å². The van der Waals surface area contributed by atoms with Gasteiger partial charge in [0.25, 0.3) is 0 Å². The Balaban J connectivity index is 1.56. The summed E-state index contributed by atoms with van der Waals surface area (Å²) in [6.07, 6.45) is 11.6. The first-order valence-corrected chi connectivity index (χ1v) is 7.74. The molecule has 0 saturated heterocycles. The fourth-order valence-electron chi connectivity index (χ4n) is 2.70. The van der Waals surface area contributed by atoms with E-state index in [4.69, 9.17) is 4.74 Å². The monoisotopic (exact) mass is 258 g/mol. The summed E-state index contributed by atoms with van der Waals surface area (Å²) in [4.78, 5) is 0. The molecule has 0 saturated carbocycles. The SMILES string of the molecule is CCC1CC=C(CCCCOc2ccccc2)CC1. The van der Waals surface area contributed by atoms with Gasteiger partial charge in [-0.15, -0.1) is 0 Å². The minimum atomic E-state index is 0.842. The normalized spacial score (nSPS) is 19.0. The molecule has 0 bridgehead atoms. The first-order chi connectivity index (χ1) is 9.38. The summed E-state index contributed by atoms with van der Waals surface area (Å²) in [5.74, 6) is 1.94. The molecule has 0 N–H and O–H groups in total. The van der Waals surface area contributed by atoms with Crippen LogP contribution in [-0.2, 0) is 0 Å². The van der Waals surface area contributed by atoms with Crippen LogP contribution in [-0.4, -0.2) is 6.61 Å². The summed E-state index contributed by atoms with van der Waals surface area (Å²) in [5, 5.41) is 0. The van der Waals surface area contributed by atoms with Crippen molar-refractivity contribution in [1.29, 1.82) is 0 Å². The van der Waals surface area contributed by atoms with Crippen LogP contribution >= 0.6 is 0 Å². The molecule has 0 heterocycles. The maximum Gasteiger partial charge on any atom is 0.119 e. The molecule has 0 aliphatic heterocycles. The van der Waals surface area contributed by atoms with E-state index in [1.807, 2.05) is 30.3 Å². The Hall–Kier alpha value is -1.24. The van der Waals surface area contributed by atoms with Crippen LogP contribution in [0.25, 0.3) is 0 Å². The van der Waals surface area contributed by atoms with Gasteiger partial charge in [-0.1, -0.05) is 43.2 Å². The van der Waals surface area contributed by atoms with Crippen molar-refractivity contribution in [3.63, 3.8) is 0 Å². The van der Waals surface area contributed by atoms with Crippen molar-refractivity contribution >= 4 is 0 Å². The minimum absolute atomic E-state index is 0.842. The van der Waals surface area contributed by atoms with Gasteiger partial charge in [0.1, 0.15) is 5.75 Å². The van der Waals surface area contributed by atoms with E-state index in [9.17, 15) is 0 Å². The summed E-state index contributed by atoms with van der Waals surface area (Å²) in [6, 6.07) is 10.1. The molecule has 0 fully saturated rings. The molecule has 0 amide bonds. The fraction of sp³-hybridized carbons (Fsp3) is 0.556. The molecule has 19 heavy (non-hydrogen) atoms. The number of benzene rings is 1. The molecule has 1 aromatic carbocycles. The molecule has 1 aromatic rings. The van der Waals surface area contributed by atoms with Crippen LogP contribution < -0.4 is 4.74 Å². The summed E-state index contributed by atoms with van der Waals surface area (Å²) in [5.41, 5.74) is 1.68. The van der Waals surface area contributed by atoms with Crippen LogP contribution in [0, 0.1) is 5.92 Å². The highest BCUT2D eigenvalue weighted by molar-refractivity contribution is 5.20. The van der Waals surface area contributed by atoms with Crippen molar-refractivity contribution in [2.45, 2.75) is 51.9 Å².